The second kappa shape index (κ2) is 14.3. The number of allylic oxidation sites excluding steroid dienone is 1. The summed E-state index contributed by atoms with van der Waals surface area (Å²) in [6.45, 7) is 4.72. The van der Waals surface area contributed by atoms with E-state index in [0.717, 1.165) is 44.3 Å². The molecule has 1 aliphatic rings. The van der Waals surface area contributed by atoms with E-state index >= 15 is 0 Å². The van der Waals surface area contributed by atoms with Gasteiger partial charge in [0.15, 0.2) is 0 Å². The maximum Gasteiger partial charge on any atom is 0.136 e. The van der Waals surface area contributed by atoms with Crippen LogP contribution in [-0.2, 0) is 11.8 Å². The lowest BCUT2D eigenvalue weighted by Gasteiger charge is -2.22. The van der Waals surface area contributed by atoms with Crippen LogP contribution in [0.15, 0.2) is 199 Å². The predicted octanol–water partition coefficient (Wildman–Crippen LogP) is 14.4. The number of furan rings is 1. The van der Waals surface area contributed by atoms with Crippen LogP contribution in [0.5, 0.6) is 0 Å². The highest BCUT2D eigenvalue weighted by atomic mass is 16.3. The maximum atomic E-state index is 6.96. The molecule has 1 aliphatic carbocycles. The van der Waals surface area contributed by atoms with Crippen molar-refractivity contribution in [2.45, 2.75) is 31.8 Å². The Balaban J connectivity index is 1.03. The Bertz CT molecular complexity index is 3320. The van der Waals surface area contributed by atoms with Crippen LogP contribution < -0.4 is 11.1 Å². The van der Waals surface area contributed by atoms with E-state index in [9.17, 15) is 0 Å². The quantitative estimate of drug-likeness (QED) is 0.151. The van der Waals surface area contributed by atoms with Gasteiger partial charge in [0.05, 0.1) is 0 Å². The topological polar surface area (TPSA) is 51.2 Å². The van der Waals surface area contributed by atoms with Crippen LogP contribution >= 0.6 is 0 Å². The molecule has 0 amide bonds. The van der Waals surface area contributed by atoms with E-state index in [0.29, 0.717) is 6.42 Å². The summed E-state index contributed by atoms with van der Waals surface area (Å²) in [5, 5.41) is 11.0. The van der Waals surface area contributed by atoms with Gasteiger partial charge in [-0.15, -0.1) is 0 Å². The minimum Gasteiger partial charge on any atom is -0.456 e. The molecule has 11 rings (SSSR count). The van der Waals surface area contributed by atoms with Crippen LogP contribution in [-0.4, -0.2) is 0 Å². The van der Waals surface area contributed by atoms with Gasteiger partial charge >= 0.3 is 0 Å². The Kier molecular flexibility index (Phi) is 8.54. The molecule has 10 aromatic rings. The van der Waals surface area contributed by atoms with Gasteiger partial charge in [-0.25, -0.2) is 0 Å². The van der Waals surface area contributed by atoms with Crippen molar-refractivity contribution in [2.75, 3.05) is 0 Å². The fourth-order valence-corrected chi connectivity index (χ4v) is 9.72. The standard InChI is InChI=1S/C57H44N2O/c1-57(2)48-27-13-25-45(53(48)47-34-39-19-6-7-20-40(39)35-49(47)57)41-21-12-22-42(33-41)50(59-56(58)38-17-4-3-5-18-38)31-29-36-15-8-10-23-43(36)46-26-14-28-51-55(46)54-44-24-11-9-16-37(44)30-32-52(54)60-51/h3-28,30-35,56,59H,29,58H2,1-2H3/b50-31-. The summed E-state index contributed by atoms with van der Waals surface area (Å²) >= 11 is 0. The van der Waals surface area contributed by atoms with E-state index in [1.54, 1.807) is 0 Å². The average Bonchev–Trinajstić information content (AvgIpc) is 3.79. The first-order valence-corrected chi connectivity index (χ1v) is 20.9. The molecule has 1 aromatic heterocycles. The van der Waals surface area contributed by atoms with Gasteiger partial charge in [0.25, 0.3) is 0 Å². The summed E-state index contributed by atoms with van der Waals surface area (Å²) in [6.07, 6.45) is 2.59. The molecule has 1 heterocycles. The summed E-state index contributed by atoms with van der Waals surface area (Å²) in [4.78, 5) is 0. The van der Waals surface area contributed by atoms with Gasteiger partial charge in [-0.3, -0.25) is 0 Å². The summed E-state index contributed by atoms with van der Waals surface area (Å²) < 4.78 is 6.49. The van der Waals surface area contributed by atoms with E-state index in [2.05, 4.69) is 195 Å². The van der Waals surface area contributed by atoms with Gasteiger partial charge in [0.1, 0.15) is 17.3 Å². The molecule has 0 bridgehead atoms. The minimum absolute atomic E-state index is 0.120. The lowest BCUT2D eigenvalue weighted by atomic mass is 9.81. The fraction of sp³-hybridized carbons (Fsp3) is 0.0877. The average molecular weight is 773 g/mol. The summed E-state index contributed by atoms with van der Waals surface area (Å²) in [6, 6.07) is 67.5. The van der Waals surface area contributed by atoms with Crippen molar-refractivity contribution in [1.29, 1.82) is 0 Å². The molecule has 3 heteroatoms. The van der Waals surface area contributed by atoms with Crippen LogP contribution in [0.25, 0.3) is 82.6 Å². The number of benzene rings is 9. The van der Waals surface area contributed by atoms with Crippen LogP contribution in [0.4, 0.5) is 0 Å². The fourth-order valence-electron chi connectivity index (χ4n) is 9.72. The first-order chi connectivity index (χ1) is 29.4. The van der Waals surface area contributed by atoms with Crippen molar-refractivity contribution in [1.82, 2.24) is 5.32 Å². The number of fused-ring (bicyclic) bond motifs is 9. The molecule has 0 saturated heterocycles. The zero-order chi connectivity index (χ0) is 40.4. The number of hydrogen-bond acceptors (Lipinski definition) is 3. The molecule has 0 aliphatic heterocycles. The van der Waals surface area contributed by atoms with Gasteiger partial charge in [0, 0.05) is 21.9 Å². The van der Waals surface area contributed by atoms with E-state index in [1.807, 2.05) is 18.2 Å². The highest BCUT2D eigenvalue weighted by molar-refractivity contribution is 6.22. The molecule has 1 unspecified atom stereocenters. The van der Waals surface area contributed by atoms with Crippen molar-refractivity contribution >= 4 is 49.2 Å². The zero-order valence-electron chi connectivity index (χ0n) is 33.7. The summed E-state index contributed by atoms with van der Waals surface area (Å²) in [7, 11) is 0. The molecular weight excluding hydrogens is 729 g/mol. The van der Waals surface area contributed by atoms with Crippen LogP contribution in [0, 0.1) is 0 Å². The third-order valence-electron chi connectivity index (χ3n) is 12.7. The van der Waals surface area contributed by atoms with Crippen LogP contribution in [0.3, 0.4) is 0 Å². The van der Waals surface area contributed by atoms with E-state index in [4.69, 9.17) is 10.2 Å². The smallest absolute Gasteiger partial charge is 0.136 e. The van der Waals surface area contributed by atoms with Gasteiger partial charge in [-0.05, 0) is 119 Å². The molecule has 3 nitrogen and oxygen atoms in total. The molecule has 0 spiro atoms. The summed E-state index contributed by atoms with van der Waals surface area (Å²) in [5.41, 5.74) is 23.1. The molecule has 0 saturated carbocycles. The zero-order valence-corrected chi connectivity index (χ0v) is 33.7. The normalized spacial score (nSPS) is 13.8. The van der Waals surface area contributed by atoms with Crippen molar-refractivity contribution in [2.24, 2.45) is 5.73 Å². The highest BCUT2D eigenvalue weighted by Gasteiger charge is 2.37. The van der Waals surface area contributed by atoms with Crippen LogP contribution in [0.2, 0.25) is 0 Å². The number of nitrogens with one attached hydrogen (secondary N) is 1. The van der Waals surface area contributed by atoms with Crippen molar-refractivity contribution < 1.29 is 4.42 Å². The lowest BCUT2D eigenvalue weighted by molar-refractivity contribution is 0.661. The second-order valence-electron chi connectivity index (χ2n) is 16.6. The van der Waals surface area contributed by atoms with Crippen molar-refractivity contribution in [3.8, 4) is 33.4 Å². The Morgan fingerprint density at radius 3 is 2.12 bits per heavy atom. The summed E-state index contributed by atoms with van der Waals surface area (Å²) in [5.74, 6) is 0. The SMILES string of the molecule is CC1(C)c2cc3ccccc3cc2-c2c(-c3cccc(/C(=C/Cc4ccccc4-c4cccc5oc6ccc7ccccc7c6c45)NC(N)c4ccccc4)c3)cccc21. The third-order valence-corrected chi connectivity index (χ3v) is 12.7. The first kappa shape index (κ1) is 35.9. The molecule has 0 fully saturated rings. The predicted molar refractivity (Wildman–Crippen MR) is 252 cm³/mol. The van der Waals surface area contributed by atoms with E-state index < -0.39 is 6.17 Å². The second-order valence-corrected chi connectivity index (χ2v) is 16.6. The Labute approximate surface area is 350 Å². The van der Waals surface area contributed by atoms with Crippen molar-refractivity contribution in [3.05, 3.63) is 222 Å². The number of rotatable bonds is 8. The monoisotopic (exact) mass is 772 g/mol. The maximum absolute atomic E-state index is 6.96. The highest BCUT2D eigenvalue weighted by Crippen LogP contribution is 2.53. The largest absolute Gasteiger partial charge is 0.456 e. The molecule has 3 N–H and O–H groups in total. The van der Waals surface area contributed by atoms with E-state index in [1.165, 1.54) is 66.1 Å². The molecule has 288 valence electrons. The molecule has 60 heavy (non-hydrogen) atoms. The number of hydrogen-bond donors (Lipinski definition) is 2. The van der Waals surface area contributed by atoms with E-state index in [-0.39, 0.29) is 5.41 Å². The van der Waals surface area contributed by atoms with Gasteiger partial charge < -0.3 is 15.5 Å². The molecular formula is C57H44N2O. The van der Waals surface area contributed by atoms with Gasteiger partial charge in [-0.1, -0.05) is 178 Å². The van der Waals surface area contributed by atoms with Gasteiger partial charge in [-0.2, -0.15) is 0 Å². The molecule has 0 radical (unpaired) electrons. The van der Waals surface area contributed by atoms with Crippen LogP contribution in [0.1, 0.15) is 47.8 Å². The van der Waals surface area contributed by atoms with Crippen molar-refractivity contribution in [3.63, 3.8) is 0 Å². The Morgan fingerprint density at radius 2 is 1.25 bits per heavy atom. The Morgan fingerprint density at radius 1 is 0.567 bits per heavy atom. The van der Waals surface area contributed by atoms with Gasteiger partial charge in [0.2, 0.25) is 0 Å². The third kappa shape index (κ3) is 5.93. The number of nitrogens with two attached hydrogens (primary N) is 1. The minimum atomic E-state index is -0.405. The first-order valence-electron chi connectivity index (χ1n) is 20.9. The Hall–Kier alpha value is -7.20. The molecule has 9 aromatic carbocycles. The molecule has 1 atom stereocenters. The lowest BCUT2D eigenvalue weighted by Crippen LogP contribution is -2.27.